The van der Waals surface area contributed by atoms with Crippen LogP contribution in [0.4, 0.5) is 0 Å². The van der Waals surface area contributed by atoms with E-state index in [9.17, 15) is 4.79 Å². The molecule has 82 valence electrons. The monoisotopic (exact) mass is 237 g/mol. The number of nitrogens with zero attached hydrogens (tertiary/aromatic N) is 5. The van der Waals surface area contributed by atoms with Crippen LogP contribution in [0.5, 0.6) is 0 Å². The average Bonchev–Trinajstić information content (AvgIpc) is 2.65. The van der Waals surface area contributed by atoms with Crippen molar-refractivity contribution in [2.24, 2.45) is 7.05 Å². The van der Waals surface area contributed by atoms with Crippen molar-refractivity contribution in [2.45, 2.75) is 10.2 Å². The summed E-state index contributed by atoms with van der Waals surface area (Å²) in [4.78, 5) is 22.4. The van der Waals surface area contributed by atoms with Crippen LogP contribution in [-0.4, -0.2) is 35.8 Å². The maximum atomic E-state index is 10.7. The number of carboxylic acid groups (broad SMARTS) is 1. The average molecular weight is 237 g/mol. The van der Waals surface area contributed by atoms with Crippen LogP contribution in [-0.2, 0) is 7.05 Å². The van der Waals surface area contributed by atoms with Gasteiger partial charge in [-0.3, -0.25) is 4.98 Å². The SMILES string of the molecule is Cn1ncnc1Sc1cncc(C(=O)O)n1. The Hall–Kier alpha value is -1.96. The van der Waals surface area contributed by atoms with E-state index in [1.165, 1.54) is 30.5 Å². The minimum atomic E-state index is -1.10. The fourth-order valence-electron chi connectivity index (χ4n) is 0.972. The number of aryl methyl sites for hydroxylation is 1. The van der Waals surface area contributed by atoms with Crippen LogP contribution in [0.15, 0.2) is 28.9 Å². The Morgan fingerprint density at radius 1 is 1.50 bits per heavy atom. The first kappa shape index (κ1) is 10.6. The summed E-state index contributed by atoms with van der Waals surface area (Å²) in [5.74, 6) is -1.10. The van der Waals surface area contributed by atoms with Crippen molar-refractivity contribution >= 4 is 17.7 Å². The van der Waals surface area contributed by atoms with E-state index in [2.05, 4.69) is 20.1 Å². The maximum Gasteiger partial charge on any atom is 0.356 e. The van der Waals surface area contributed by atoms with Crippen LogP contribution < -0.4 is 0 Å². The van der Waals surface area contributed by atoms with Gasteiger partial charge in [-0.1, -0.05) is 0 Å². The first-order valence-electron chi connectivity index (χ1n) is 4.24. The quantitative estimate of drug-likeness (QED) is 0.828. The molecule has 0 atom stereocenters. The van der Waals surface area contributed by atoms with Crippen molar-refractivity contribution in [3.05, 3.63) is 24.4 Å². The van der Waals surface area contributed by atoms with Gasteiger partial charge < -0.3 is 5.11 Å². The van der Waals surface area contributed by atoms with Crippen LogP contribution in [0, 0.1) is 0 Å². The number of aromatic carboxylic acids is 1. The summed E-state index contributed by atoms with van der Waals surface area (Å²) in [5.41, 5.74) is -0.0906. The van der Waals surface area contributed by atoms with Crippen LogP contribution in [0.1, 0.15) is 10.5 Å². The van der Waals surface area contributed by atoms with Gasteiger partial charge in [0.2, 0.25) is 0 Å². The third kappa shape index (κ3) is 2.16. The van der Waals surface area contributed by atoms with Gasteiger partial charge in [0.05, 0.1) is 12.4 Å². The summed E-state index contributed by atoms with van der Waals surface area (Å²) in [5, 5.41) is 13.7. The minimum Gasteiger partial charge on any atom is -0.476 e. The lowest BCUT2D eigenvalue weighted by molar-refractivity contribution is 0.0689. The first-order valence-corrected chi connectivity index (χ1v) is 5.05. The van der Waals surface area contributed by atoms with Crippen LogP contribution >= 0.6 is 11.8 Å². The van der Waals surface area contributed by atoms with E-state index >= 15 is 0 Å². The topological polar surface area (TPSA) is 93.8 Å². The zero-order chi connectivity index (χ0) is 11.5. The molecule has 0 saturated heterocycles. The molecule has 0 radical (unpaired) electrons. The normalized spacial score (nSPS) is 10.3. The summed E-state index contributed by atoms with van der Waals surface area (Å²) in [6.07, 6.45) is 4.09. The molecule has 2 aromatic heterocycles. The Morgan fingerprint density at radius 2 is 2.31 bits per heavy atom. The van der Waals surface area contributed by atoms with Gasteiger partial charge in [0, 0.05) is 7.05 Å². The Kier molecular flexibility index (Phi) is 2.82. The molecule has 16 heavy (non-hydrogen) atoms. The second kappa shape index (κ2) is 4.27. The predicted molar refractivity (Wildman–Crippen MR) is 54.1 cm³/mol. The zero-order valence-corrected chi connectivity index (χ0v) is 9.05. The number of hydrogen-bond acceptors (Lipinski definition) is 6. The van der Waals surface area contributed by atoms with E-state index in [4.69, 9.17) is 5.11 Å². The maximum absolute atomic E-state index is 10.7. The highest BCUT2D eigenvalue weighted by Gasteiger charge is 2.09. The largest absolute Gasteiger partial charge is 0.476 e. The molecule has 7 nitrogen and oxygen atoms in total. The van der Waals surface area contributed by atoms with Crippen molar-refractivity contribution in [1.82, 2.24) is 24.7 Å². The smallest absolute Gasteiger partial charge is 0.356 e. The number of carboxylic acids is 1. The fourth-order valence-corrected chi connectivity index (χ4v) is 1.70. The lowest BCUT2D eigenvalue weighted by Crippen LogP contribution is -2.02. The molecule has 8 heteroatoms. The van der Waals surface area contributed by atoms with Gasteiger partial charge in [-0.05, 0) is 11.8 Å². The number of aromatic nitrogens is 5. The summed E-state index contributed by atoms with van der Waals surface area (Å²) in [6.45, 7) is 0. The molecule has 2 aromatic rings. The van der Waals surface area contributed by atoms with Crippen LogP contribution in [0.25, 0.3) is 0 Å². The van der Waals surface area contributed by atoms with Crippen molar-refractivity contribution in [3.8, 4) is 0 Å². The van der Waals surface area contributed by atoms with Crippen molar-refractivity contribution < 1.29 is 9.90 Å². The minimum absolute atomic E-state index is 0.0906. The lowest BCUT2D eigenvalue weighted by Gasteiger charge is -1.99. The molecular weight excluding hydrogens is 230 g/mol. The molecule has 2 heterocycles. The van der Waals surface area contributed by atoms with Gasteiger partial charge in [-0.15, -0.1) is 0 Å². The summed E-state index contributed by atoms with van der Waals surface area (Å²) < 4.78 is 1.57. The molecule has 0 aliphatic heterocycles. The van der Waals surface area contributed by atoms with Gasteiger partial charge in [0.1, 0.15) is 11.4 Å². The lowest BCUT2D eigenvalue weighted by atomic mass is 10.5. The molecule has 0 spiro atoms. The zero-order valence-electron chi connectivity index (χ0n) is 8.23. The Balaban J connectivity index is 2.25. The van der Waals surface area contributed by atoms with Crippen molar-refractivity contribution in [1.29, 1.82) is 0 Å². The Bertz CT molecular complexity index is 527. The molecule has 0 unspecified atom stereocenters. The molecule has 0 amide bonds. The molecule has 0 saturated carbocycles. The standard InChI is InChI=1S/C8H7N5O2S/c1-13-8(10-4-11-13)16-6-3-9-2-5(12-6)7(14)15/h2-4H,1H3,(H,14,15). The van der Waals surface area contributed by atoms with E-state index in [0.717, 1.165) is 0 Å². The van der Waals surface area contributed by atoms with Gasteiger partial charge in [0.15, 0.2) is 10.9 Å². The van der Waals surface area contributed by atoms with E-state index < -0.39 is 5.97 Å². The van der Waals surface area contributed by atoms with Crippen LogP contribution in [0.3, 0.4) is 0 Å². The van der Waals surface area contributed by atoms with Gasteiger partial charge in [-0.2, -0.15) is 5.10 Å². The van der Waals surface area contributed by atoms with Crippen molar-refractivity contribution in [3.63, 3.8) is 0 Å². The van der Waals surface area contributed by atoms with E-state index in [1.807, 2.05) is 0 Å². The van der Waals surface area contributed by atoms with E-state index in [0.29, 0.717) is 10.2 Å². The Labute approximate surface area is 94.6 Å². The molecule has 2 rings (SSSR count). The molecule has 0 aliphatic carbocycles. The molecule has 0 fully saturated rings. The van der Waals surface area contributed by atoms with Crippen LogP contribution in [0.2, 0.25) is 0 Å². The molecule has 0 aliphatic rings. The van der Waals surface area contributed by atoms with E-state index in [-0.39, 0.29) is 5.69 Å². The van der Waals surface area contributed by atoms with Gasteiger partial charge >= 0.3 is 5.97 Å². The molecule has 0 bridgehead atoms. The third-order valence-electron chi connectivity index (χ3n) is 1.70. The van der Waals surface area contributed by atoms with Gasteiger partial charge in [0.25, 0.3) is 0 Å². The summed E-state index contributed by atoms with van der Waals surface area (Å²) in [6, 6.07) is 0. The highest BCUT2D eigenvalue weighted by molar-refractivity contribution is 7.99. The molecule has 1 N–H and O–H groups in total. The predicted octanol–water partition coefficient (Wildman–Crippen LogP) is 0.455. The second-order valence-electron chi connectivity index (χ2n) is 2.82. The molecular formula is C8H7N5O2S. The third-order valence-corrected chi connectivity index (χ3v) is 2.66. The summed E-state index contributed by atoms with van der Waals surface area (Å²) >= 11 is 1.20. The van der Waals surface area contributed by atoms with Gasteiger partial charge in [-0.25, -0.2) is 19.4 Å². The first-order chi connectivity index (χ1) is 7.66. The number of hydrogen-bond donors (Lipinski definition) is 1. The number of carbonyl (C=O) groups is 1. The highest BCUT2D eigenvalue weighted by atomic mass is 32.2. The van der Waals surface area contributed by atoms with E-state index in [1.54, 1.807) is 11.7 Å². The summed E-state index contributed by atoms with van der Waals surface area (Å²) in [7, 11) is 1.74. The fraction of sp³-hybridized carbons (Fsp3) is 0.125. The number of rotatable bonds is 3. The molecule has 0 aromatic carbocycles. The van der Waals surface area contributed by atoms with Crippen molar-refractivity contribution in [2.75, 3.05) is 0 Å². The Morgan fingerprint density at radius 3 is 2.94 bits per heavy atom. The second-order valence-corrected chi connectivity index (χ2v) is 3.80. The highest BCUT2D eigenvalue weighted by Crippen LogP contribution is 2.22.